The number of likely N-dealkylation sites (N-methyl/N-ethyl adjacent to an activating group) is 1. The molecule has 2 N–H and O–H groups in total. The normalized spacial score (nSPS) is 19.9. The van der Waals surface area contributed by atoms with Crippen molar-refractivity contribution in [1.82, 2.24) is 15.5 Å². The van der Waals surface area contributed by atoms with Crippen LogP contribution in [0.2, 0.25) is 0 Å². The Morgan fingerprint density at radius 3 is 3.10 bits per heavy atom. The average Bonchev–Trinajstić information content (AvgIpc) is 2.44. The Balaban J connectivity index is 2.08. The van der Waals surface area contributed by atoms with Gasteiger partial charge in [-0.2, -0.15) is 0 Å². The van der Waals surface area contributed by atoms with Gasteiger partial charge in [0.1, 0.15) is 11.9 Å². The molecule has 0 aromatic heterocycles. The second-order valence-corrected chi connectivity index (χ2v) is 5.69. The number of carbonyl (C=O) groups excluding carboxylic acids is 1. The number of amides is 1. The molecule has 1 aromatic rings. The fourth-order valence-electron chi connectivity index (χ4n) is 2.36. The van der Waals surface area contributed by atoms with E-state index < -0.39 is 0 Å². The zero-order valence-electron chi connectivity index (χ0n) is 11.5. The van der Waals surface area contributed by atoms with Crippen molar-refractivity contribution in [1.29, 1.82) is 0 Å². The molecule has 0 saturated carbocycles. The minimum atomic E-state index is -0.269. The third-order valence-corrected chi connectivity index (χ3v) is 3.99. The summed E-state index contributed by atoms with van der Waals surface area (Å²) in [5.41, 5.74) is 0.995. The first-order valence-corrected chi connectivity index (χ1v) is 7.57. The number of piperazine rings is 1. The van der Waals surface area contributed by atoms with Gasteiger partial charge in [-0.05, 0) is 40.5 Å². The number of nitrogens with one attached hydrogen (secondary N) is 2. The highest BCUT2D eigenvalue weighted by Crippen LogP contribution is 2.19. The van der Waals surface area contributed by atoms with Crippen molar-refractivity contribution in [2.45, 2.75) is 19.5 Å². The van der Waals surface area contributed by atoms with Gasteiger partial charge in [0.05, 0.1) is 4.47 Å². The van der Waals surface area contributed by atoms with Crippen LogP contribution in [0.5, 0.6) is 0 Å². The lowest BCUT2D eigenvalue weighted by molar-refractivity contribution is -0.127. The van der Waals surface area contributed by atoms with E-state index in [1.165, 1.54) is 6.07 Å². The molecule has 0 spiro atoms. The number of halogens is 2. The lowest BCUT2D eigenvalue weighted by Gasteiger charge is -2.35. The molecule has 1 aromatic carbocycles. The Kier molecular flexibility index (Phi) is 5.51. The van der Waals surface area contributed by atoms with Crippen LogP contribution in [0.25, 0.3) is 0 Å². The number of hydrogen-bond acceptors (Lipinski definition) is 3. The number of hydrogen-bond donors (Lipinski definition) is 2. The molecule has 0 radical (unpaired) electrons. The summed E-state index contributed by atoms with van der Waals surface area (Å²) in [6, 6.07) is 4.80. The van der Waals surface area contributed by atoms with Gasteiger partial charge in [-0.1, -0.05) is 6.07 Å². The van der Waals surface area contributed by atoms with Crippen LogP contribution in [0, 0.1) is 5.82 Å². The minimum absolute atomic E-state index is 0.0425. The van der Waals surface area contributed by atoms with Crippen molar-refractivity contribution in [2.24, 2.45) is 0 Å². The predicted molar refractivity (Wildman–Crippen MR) is 79.9 cm³/mol. The van der Waals surface area contributed by atoms with Crippen LogP contribution in [0.1, 0.15) is 12.5 Å². The summed E-state index contributed by atoms with van der Waals surface area (Å²) in [5.74, 6) is -0.227. The van der Waals surface area contributed by atoms with E-state index in [1.54, 1.807) is 12.1 Å². The molecule has 0 aliphatic carbocycles. The summed E-state index contributed by atoms with van der Waals surface area (Å²) < 4.78 is 13.7. The van der Waals surface area contributed by atoms with Crippen LogP contribution >= 0.6 is 15.9 Å². The third kappa shape index (κ3) is 3.77. The molecule has 1 aliphatic rings. The van der Waals surface area contributed by atoms with Crippen LogP contribution in [0.4, 0.5) is 4.39 Å². The zero-order valence-corrected chi connectivity index (χ0v) is 13.0. The van der Waals surface area contributed by atoms with Crippen molar-refractivity contribution in [3.63, 3.8) is 0 Å². The van der Waals surface area contributed by atoms with E-state index in [0.717, 1.165) is 18.7 Å². The summed E-state index contributed by atoms with van der Waals surface area (Å²) in [4.78, 5) is 14.2. The number of carbonyl (C=O) groups is 1. The van der Waals surface area contributed by atoms with Crippen molar-refractivity contribution in [2.75, 3.05) is 26.2 Å². The molecule has 6 heteroatoms. The molecule has 20 heavy (non-hydrogen) atoms. The largest absolute Gasteiger partial charge is 0.355 e. The first-order chi connectivity index (χ1) is 9.61. The maximum Gasteiger partial charge on any atom is 0.238 e. The molecule has 1 fully saturated rings. The zero-order chi connectivity index (χ0) is 14.5. The molecule has 1 heterocycles. The smallest absolute Gasteiger partial charge is 0.238 e. The SMILES string of the molecule is CCNC(=O)C1CNCCN1Cc1ccc(F)c(Br)c1. The molecule has 1 unspecified atom stereocenters. The van der Waals surface area contributed by atoms with Crippen LogP contribution in [0.15, 0.2) is 22.7 Å². The molecular weight excluding hydrogens is 325 g/mol. The minimum Gasteiger partial charge on any atom is -0.355 e. The van der Waals surface area contributed by atoms with Crippen molar-refractivity contribution >= 4 is 21.8 Å². The van der Waals surface area contributed by atoms with Gasteiger partial charge >= 0.3 is 0 Å². The number of benzene rings is 1. The van der Waals surface area contributed by atoms with E-state index in [4.69, 9.17) is 0 Å². The molecular formula is C14H19BrFN3O. The van der Waals surface area contributed by atoms with Crippen molar-refractivity contribution in [3.05, 3.63) is 34.1 Å². The van der Waals surface area contributed by atoms with Crippen LogP contribution in [-0.2, 0) is 11.3 Å². The van der Waals surface area contributed by atoms with Gasteiger partial charge < -0.3 is 10.6 Å². The summed E-state index contributed by atoms with van der Waals surface area (Å²) in [6.07, 6.45) is 0. The van der Waals surface area contributed by atoms with Gasteiger partial charge in [-0.3, -0.25) is 9.69 Å². The molecule has 2 rings (SSSR count). The van der Waals surface area contributed by atoms with Crippen LogP contribution < -0.4 is 10.6 Å². The third-order valence-electron chi connectivity index (χ3n) is 3.38. The molecule has 4 nitrogen and oxygen atoms in total. The Morgan fingerprint density at radius 1 is 1.60 bits per heavy atom. The molecule has 110 valence electrons. The lowest BCUT2D eigenvalue weighted by Crippen LogP contribution is -2.57. The topological polar surface area (TPSA) is 44.4 Å². The molecule has 1 aliphatic heterocycles. The molecule has 1 atom stereocenters. The Bertz CT molecular complexity index is 483. The number of nitrogens with zero attached hydrogens (tertiary/aromatic N) is 1. The van der Waals surface area contributed by atoms with E-state index in [-0.39, 0.29) is 17.8 Å². The standard InChI is InChI=1S/C14H19BrFN3O/c1-2-18-14(20)13-8-17-5-6-19(13)9-10-3-4-12(16)11(15)7-10/h3-4,7,13,17H,2,5-6,8-9H2,1H3,(H,18,20). The Hall–Kier alpha value is -0.980. The van der Waals surface area contributed by atoms with E-state index in [1.807, 2.05) is 6.92 Å². The van der Waals surface area contributed by atoms with E-state index in [0.29, 0.717) is 24.1 Å². The summed E-state index contributed by atoms with van der Waals surface area (Å²) >= 11 is 3.19. The van der Waals surface area contributed by atoms with Gasteiger partial charge in [0.2, 0.25) is 5.91 Å². The Morgan fingerprint density at radius 2 is 2.40 bits per heavy atom. The fourth-order valence-corrected chi connectivity index (χ4v) is 2.78. The molecule has 1 saturated heterocycles. The van der Waals surface area contributed by atoms with Gasteiger partial charge in [0, 0.05) is 32.7 Å². The highest BCUT2D eigenvalue weighted by molar-refractivity contribution is 9.10. The van der Waals surface area contributed by atoms with E-state index in [9.17, 15) is 9.18 Å². The second kappa shape index (κ2) is 7.15. The fraction of sp³-hybridized carbons (Fsp3) is 0.500. The Labute approximate surface area is 126 Å². The van der Waals surface area contributed by atoms with Gasteiger partial charge in [-0.15, -0.1) is 0 Å². The highest BCUT2D eigenvalue weighted by Gasteiger charge is 2.28. The van der Waals surface area contributed by atoms with E-state index in [2.05, 4.69) is 31.5 Å². The van der Waals surface area contributed by atoms with Gasteiger partial charge in [0.25, 0.3) is 0 Å². The van der Waals surface area contributed by atoms with Crippen LogP contribution in [-0.4, -0.2) is 43.0 Å². The molecule has 0 bridgehead atoms. The number of rotatable bonds is 4. The monoisotopic (exact) mass is 343 g/mol. The second-order valence-electron chi connectivity index (χ2n) is 4.83. The van der Waals surface area contributed by atoms with Gasteiger partial charge in [0.15, 0.2) is 0 Å². The van der Waals surface area contributed by atoms with Crippen molar-refractivity contribution in [3.8, 4) is 0 Å². The summed E-state index contributed by atoms with van der Waals surface area (Å²) in [7, 11) is 0. The average molecular weight is 344 g/mol. The summed E-state index contributed by atoms with van der Waals surface area (Å²) in [6.45, 7) is 5.49. The van der Waals surface area contributed by atoms with Crippen LogP contribution in [0.3, 0.4) is 0 Å². The maximum absolute atomic E-state index is 13.2. The highest BCUT2D eigenvalue weighted by atomic mass is 79.9. The first-order valence-electron chi connectivity index (χ1n) is 6.78. The molecule has 1 amide bonds. The summed E-state index contributed by atoms with van der Waals surface area (Å²) in [5, 5.41) is 6.10. The van der Waals surface area contributed by atoms with Gasteiger partial charge in [-0.25, -0.2) is 4.39 Å². The predicted octanol–water partition coefficient (Wildman–Crippen LogP) is 1.50. The first kappa shape index (κ1) is 15.4. The van der Waals surface area contributed by atoms with Crippen molar-refractivity contribution < 1.29 is 9.18 Å². The lowest BCUT2D eigenvalue weighted by atomic mass is 10.1. The van der Waals surface area contributed by atoms with E-state index >= 15 is 0 Å². The maximum atomic E-state index is 13.2. The quantitative estimate of drug-likeness (QED) is 0.870.